The van der Waals surface area contributed by atoms with Crippen molar-refractivity contribution in [3.8, 4) is 18.4 Å². The molecule has 0 aromatic heterocycles. The highest BCUT2D eigenvalue weighted by Gasteiger charge is 2.18. The van der Waals surface area contributed by atoms with Gasteiger partial charge in [-0.05, 0) is 25.7 Å². The van der Waals surface area contributed by atoms with Crippen LogP contribution in [0.2, 0.25) is 0 Å². The van der Waals surface area contributed by atoms with Crippen molar-refractivity contribution >= 4 is 0 Å². The van der Waals surface area contributed by atoms with Crippen molar-refractivity contribution in [3.63, 3.8) is 0 Å². The predicted molar refractivity (Wildman–Crippen MR) is 39.9 cm³/mol. The van der Waals surface area contributed by atoms with Crippen LogP contribution < -0.4 is 0 Å². The molecule has 1 aliphatic rings. The molecule has 0 saturated heterocycles. The van der Waals surface area contributed by atoms with Gasteiger partial charge in [-0.25, -0.2) is 0 Å². The molecule has 0 N–H and O–H groups in total. The molecule has 0 heterocycles. The molecule has 1 saturated carbocycles. The minimum Gasteiger partial charge on any atom is -0.198 e. The van der Waals surface area contributed by atoms with E-state index < -0.39 is 0 Å². The van der Waals surface area contributed by atoms with Crippen LogP contribution >= 0.6 is 0 Å². The van der Waals surface area contributed by atoms with Crippen molar-refractivity contribution in [2.24, 2.45) is 11.8 Å². The number of hydrogen-bond acceptors (Lipinski definition) is 1. The Kier molecular flexibility index (Phi) is 2.35. The van der Waals surface area contributed by atoms with Crippen LogP contribution in [0.25, 0.3) is 0 Å². The Labute approximate surface area is 62.0 Å². The number of nitrogens with zero attached hydrogens (tertiary/aromatic N) is 1. The second-order valence-corrected chi connectivity index (χ2v) is 2.84. The molecule has 0 bridgehead atoms. The van der Waals surface area contributed by atoms with E-state index >= 15 is 0 Å². The Balaban J connectivity index is 2.34. The second kappa shape index (κ2) is 3.28. The van der Waals surface area contributed by atoms with E-state index in [9.17, 15) is 0 Å². The lowest BCUT2D eigenvalue weighted by molar-refractivity contribution is 0.371. The van der Waals surface area contributed by atoms with Gasteiger partial charge in [-0.1, -0.05) is 0 Å². The quantitative estimate of drug-likeness (QED) is 0.463. The van der Waals surface area contributed by atoms with Crippen LogP contribution in [0.3, 0.4) is 0 Å². The molecule has 10 heavy (non-hydrogen) atoms. The summed E-state index contributed by atoms with van der Waals surface area (Å²) in [5.74, 6) is 3.47. The Morgan fingerprint density at radius 3 is 2.00 bits per heavy atom. The van der Waals surface area contributed by atoms with Gasteiger partial charge in [-0.2, -0.15) is 5.26 Å². The Morgan fingerprint density at radius 1 is 1.10 bits per heavy atom. The standard InChI is InChI=1S/C9H11N/c1-2-8-3-5-9(7-10)6-4-8/h1,8-9H,3-6H2/t8-,9-. The number of terminal acetylenes is 1. The average Bonchev–Trinajstić information content (AvgIpc) is 2.05. The fraction of sp³-hybridized carbons (Fsp3) is 0.667. The van der Waals surface area contributed by atoms with Crippen molar-refractivity contribution in [3.05, 3.63) is 0 Å². The van der Waals surface area contributed by atoms with Crippen molar-refractivity contribution in [2.45, 2.75) is 25.7 Å². The van der Waals surface area contributed by atoms with E-state index in [2.05, 4.69) is 12.0 Å². The van der Waals surface area contributed by atoms with Gasteiger partial charge >= 0.3 is 0 Å². The zero-order valence-corrected chi connectivity index (χ0v) is 6.01. The minimum absolute atomic E-state index is 0.282. The van der Waals surface area contributed by atoms with Gasteiger partial charge in [-0.3, -0.25) is 0 Å². The lowest BCUT2D eigenvalue weighted by atomic mass is 9.83. The maximum Gasteiger partial charge on any atom is 0.0655 e. The zero-order valence-electron chi connectivity index (χ0n) is 6.01. The molecule has 0 aromatic carbocycles. The van der Waals surface area contributed by atoms with E-state index in [0.717, 1.165) is 25.7 Å². The molecule has 0 aromatic rings. The smallest absolute Gasteiger partial charge is 0.0655 e. The lowest BCUT2D eigenvalue weighted by Crippen LogP contribution is -2.11. The zero-order chi connectivity index (χ0) is 7.40. The summed E-state index contributed by atoms with van der Waals surface area (Å²) < 4.78 is 0. The summed E-state index contributed by atoms with van der Waals surface area (Å²) >= 11 is 0. The SMILES string of the molecule is C#C[C@H]1CC[C@H](C#N)CC1. The summed E-state index contributed by atoms with van der Waals surface area (Å²) in [6, 6.07) is 2.28. The van der Waals surface area contributed by atoms with E-state index in [0.29, 0.717) is 5.92 Å². The molecule has 0 atom stereocenters. The molecule has 0 aliphatic heterocycles. The van der Waals surface area contributed by atoms with Crippen LogP contribution in [0.1, 0.15) is 25.7 Å². The first-order chi connectivity index (χ1) is 4.86. The third kappa shape index (κ3) is 1.52. The van der Waals surface area contributed by atoms with Gasteiger partial charge in [0.2, 0.25) is 0 Å². The average molecular weight is 133 g/mol. The Morgan fingerprint density at radius 2 is 1.60 bits per heavy atom. The predicted octanol–water partition coefficient (Wildman–Crippen LogP) is 1.95. The summed E-state index contributed by atoms with van der Waals surface area (Å²) in [7, 11) is 0. The highest BCUT2D eigenvalue weighted by atomic mass is 14.3. The summed E-state index contributed by atoms with van der Waals surface area (Å²) in [6.07, 6.45) is 9.37. The molecule has 52 valence electrons. The van der Waals surface area contributed by atoms with Gasteiger partial charge < -0.3 is 0 Å². The third-order valence-corrected chi connectivity index (χ3v) is 2.15. The first-order valence-electron chi connectivity index (χ1n) is 3.72. The van der Waals surface area contributed by atoms with E-state index in [4.69, 9.17) is 11.7 Å². The van der Waals surface area contributed by atoms with Gasteiger partial charge in [-0.15, -0.1) is 12.3 Å². The maximum absolute atomic E-state index is 8.55. The van der Waals surface area contributed by atoms with Crippen molar-refractivity contribution in [2.75, 3.05) is 0 Å². The summed E-state index contributed by atoms with van der Waals surface area (Å²) in [5.41, 5.74) is 0. The number of hydrogen-bond donors (Lipinski definition) is 0. The summed E-state index contributed by atoms with van der Waals surface area (Å²) in [6.45, 7) is 0. The van der Waals surface area contributed by atoms with Gasteiger partial charge in [0.1, 0.15) is 0 Å². The van der Waals surface area contributed by atoms with Crippen LogP contribution in [0.4, 0.5) is 0 Å². The molecule has 1 rings (SSSR count). The Bertz CT molecular complexity index is 152. The number of rotatable bonds is 0. The normalized spacial score (nSPS) is 32.2. The third-order valence-electron chi connectivity index (χ3n) is 2.15. The monoisotopic (exact) mass is 133 g/mol. The minimum atomic E-state index is 0.282. The molecule has 0 radical (unpaired) electrons. The van der Waals surface area contributed by atoms with Crippen LogP contribution in [0.15, 0.2) is 0 Å². The largest absolute Gasteiger partial charge is 0.198 e. The van der Waals surface area contributed by atoms with E-state index in [-0.39, 0.29) is 5.92 Å². The van der Waals surface area contributed by atoms with Crippen LogP contribution in [0, 0.1) is 35.5 Å². The first-order valence-corrected chi connectivity index (χ1v) is 3.72. The van der Waals surface area contributed by atoms with E-state index in [1.165, 1.54) is 0 Å². The van der Waals surface area contributed by atoms with Crippen LogP contribution in [0.5, 0.6) is 0 Å². The molecule has 0 unspecified atom stereocenters. The van der Waals surface area contributed by atoms with Gasteiger partial charge in [0.15, 0.2) is 0 Å². The van der Waals surface area contributed by atoms with Crippen molar-refractivity contribution in [1.29, 1.82) is 5.26 Å². The van der Waals surface area contributed by atoms with Gasteiger partial charge in [0.05, 0.1) is 6.07 Å². The first kappa shape index (κ1) is 7.16. The second-order valence-electron chi connectivity index (χ2n) is 2.84. The maximum atomic E-state index is 8.55. The molecule has 1 fully saturated rings. The Hall–Kier alpha value is -0.950. The molecular formula is C9H11N. The molecule has 1 aliphatic carbocycles. The topological polar surface area (TPSA) is 23.8 Å². The molecule has 0 spiro atoms. The molecule has 1 heteroatoms. The molecule has 0 amide bonds. The highest BCUT2D eigenvalue weighted by Crippen LogP contribution is 2.27. The fourth-order valence-corrected chi connectivity index (χ4v) is 1.39. The fourth-order valence-electron chi connectivity index (χ4n) is 1.39. The number of nitriles is 1. The van der Waals surface area contributed by atoms with E-state index in [1.807, 2.05) is 0 Å². The van der Waals surface area contributed by atoms with E-state index in [1.54, 1.807) is 0 Å². The van der Waals surface area contributed by atoms with Gasteiger partial charge in [0.25, 0.3) is 0 Å². The van der Waals surface area contributed by atoms with Crippen molar-refractivity contribution in [1.82, 2.24) is 0 Å². The summed E-state index contributed by atoms with van der Waals surface area (Å²) in [5, 5.41) is 8.55. The van der Waals surface area contributed by atoms with Crippen LogP contribution in [-0.2, 0) is 0 Å². The summed E-state index contributed by atoms with van der Waals surface area (Å²) in [4.78, 5) is 0. The highest BCUT2D eigenvalue weighted by molar-refractivity contribution is 4.98. The molecular weight excluding hydrogens is 122 g/mol. The molecule has 1 nitrogen and oxygen atoms in total. The van der Waals surface area contributed by atoms with Crippen molar-refractivity contribution < 1.29 is 0 Å². The lowest BCUT2D eigenvalue weighted by Gasteiger charge is -2.19. The van der Waals surface area contributed by atoms with Crippen LogP contribution in [-0.4, -0.2) is 0 Å². The van der Waals surface area contributed by atoms with Gasteiger partial charge in [0, 0.05) is 11.8 Å².